The molecule has 0 fully saturated rings. The Morgan fingerprint density at radius 1 is 1.08 bits per heavy atom. The lowest BCUT2D eigenvalue weighted by atomic mass is 10.2. The average Bonchev–Trinajstić information content (AvgIpc) is 2.56. The molecule has 2 rings (SSSR count). The second kappa shape index (κ2) is 8.64. The lowest BCUT2D eigenvalue weighted by Crippen LogP contribution is -2.21. The smallest absolute Gasteiger partial charge is 0.387 e. The van der Waals surface area contributed by atoms with Crippen molar-refractivity contribution in [3.63, 3.8) is 0 Å². The van der Waals surface area contributed by atoms with Crippen LogP contribution in [0.4, 0.5) is 14.5 Å². The summed E-state index contributed by atoms with van der Waals surface area (Å²) in [7, 11) is 0. The van der Waals surface area contributed by atoms with Crippen LogP contribution in [0.3, 0.4) is 0 Å². The molecule has 2 aromatic carbocycles. The van der Waals surface area contributed by atoms with Crippen molar-refractivity contribution in [2.75, 3.05) is 11.9 Å². The summed E-state index contributed by atoms with van der Waals surface area (Å²) in [4.78, 5) is 23.7. The minimum absolute atomic E-state index is 0.0317. The van der Waals surface area contributed by atoms with Crippen LogP contribution in [0.25, 0.3) is 0 Å². The second-order valence-electron chi connectivity index (χ2n) is 4.63. The molecule has 2 aromatic rings. The van der Waals surface area contributed by atoms with Gasteiger partial charge in [-0.25, -0.2) is 4.79 Å². The molecule has 0 aliphatic rings. The summed E-state index contributed by atoms with van der Waals surface area (Å²) >= 11 is 11.7. The molecule has 0 saturated heterocycles. The molecule has 25 heavy (non-hydrogen) atoms. The molecule has 9 heteroatoms. The molecule has 5 nitrogen and oxygen atoms in total. The van der Waals surface area contributed by atoms with E-state index in [1.165, 1.54) is 42.5 Å². The second-order valence-corrected chi connectivity index (χ2v) is 5.41. The first-order valence-corrected chi connectivity index (χ1v) is 7.58. The van der Waals surface area contributed by atoms with Gasteiger partial charge < -0.3 is 14.8 Å². The quantitative estimate of drug-likeness (QED) is 0.744. The van der Waals surface area contributed by atoms with Gasteiger partial charge in [0.1, 0.15) is 5.75 Å². The van der Waals surface area contributed by atoms with Crippen LogP contribution in [0.2, 0.25) is 10.0 Å². The molecule has 1 amide bonds. The van der Waals surface area contributed by atoms with Crippen molar-refractivity contribution in [3.05, 3.63) is 58.1 Å². The number of amides is 1. The molecule has 0 aromatic heterocycles. The van der Waals surface area contributed by atoms with Gasteiger partial charge >= 0.3 is 12.6 Å². The molecule has 0 unspecified atom stereocenters. The fraction of sp³-hybridized carbons (Fsp3) is 0.125. The molecule has 132 valence electrons. The van der Waals surface area contributed by atoms with Crippen LogP contribution in [0, 0.1) is 0 Å². The summed E-state index contributed by atoms with van der Waals surface area (Å²) in [5.74, 6) is -1.47. The summed E-state index contributed by atoms with van der Waals surface area (Å²) in [6.45, 7) is -3.49. The van der Waals surface area contributed by atoms with Gasteiger partial charge in [-0.05, 0) is 36.4 Å². The van der Waals surface area contributed by atoms with Gasteiger partial charge in [0.05, 0.1) is 15.6 Å². The van der Waals surface area contributed by atoms with Crippen molar-refractivity contribution >= 4 is 40.8 Å². The van der Waals surface area contributed by atoms with Gasteiger partial charge in [-0.2, -0.15) is 8.78 Å². The predicted molar refractivity (Wildman–Crippen MR) is 88.4 cm³/mol. The number of esters is 1. The fourth-order valence-electron chi connectivity index (χ4n) is 1.79. The highest BCUT2D eigenvalue weighted by atomic mass is 35.5. The molecule has 0 aliphatic carbocycles. The fourth-order valence-corrected chi connectivity index (χ4v) is 2.16. The molecule has 0 saturated carbocycles. The van der Waals surface area contributed by atoms with Crippen molar-refractivity contribution < 1.29 is 27.8 Å². The van der Waals surface area contributed by atoms with Gasteiger partial charge in [-0.3, -0.25) is 4.79 Å². The summed E-state index contributed by atoms with van der Waals surface area (Å²) in [6, 6.07) is 9.70. The van der Waals surface area contributed by atoms with Crippen LogP contribution < -0.4 is 10.1 Å². The Kier molecular flexibility index (Phi) is 6.55. The van der Waals surface area contributed by atoms with Gasteiger partial charge in [-0.15, -0.1) is 0 Å². The third kappa shape index (κ3) is 5.58. The van der Waals surface area contributed by atoms with Crippen LogP contribution in [0.5, 0.6) is 5.75 Å². The Labute approximate surface area is 151 Å². The summed E-state index contributed by atoms with van der Waals surface area (Å²) < 4.78 is 33.1. The number of benzene rings is 2. The van der Waals surface area contributed by atoms with E-state index in [-0.39, 0.29) is 21.4 Å². The third-order valence-electron chi connectivity index (χ3n) is 2.87. The first-order valence-electron chi connectivity index (χ1n) is 6.82. The highest BCUT2D eigenvalue weighted by Gasteiger charge is 2.15. The van der Waals surface area contributed by atoms with Crippen molar-refractivity contribution in [2.24, 2.45) is 0 Å². The number of nitrogens with one attached hydrogen (secondary N) is 1. The highest BCUT2D eigenvalue weighted by molar-refractivity contribution is 6.43. The van der Waals surface area contributed by atoms with Gasteiger partial charge in [0.2, 0.25) is 0 Å². The van der Waals surface area contributed by atoms with E-state index in [9.17, 15) is 18.4 Å². The number of hydrogen-bond donors (Lipinski definition) is 1. The Morgan fingerprint density at radius 3 is 2.40 bits per heavy atom. The molecule has 0 aliphatic heterocycles. The number of ether oxygens (including phenoxy) is 2. The number of anilines is 1. The van der Waals surface area contributed by atoms with E-state index in [4.69, 9.17) is 27.9 Å². The molecular formula is C16H11Cl2F2NO4. The van der Waals surface area contributed by atoms with Crippen LogP contribution in [0.1, 0.15) is 10.4 Å². The number of alkyl halides is 2. The van der Waals surface area contributed by atoms with E-state index >= 15 is 0 Å². The maximum absolute atomic E-state index is 12.0. The summed E-state index contributed by atoms with van der Waals surface area (Å²) in [5.41, 5.74) is 0.360. The topological polar surface area (TPSA) is 64.6 Å². The largest absolute Gasteiger partial charge is 0.452 e. The third-order valence-corrected chi connectivity index (χ3v) is 3.69. The minimum Gasteiger partial charge on any atom is -0.452 e. The van der Waals surface area contributed by atoms with Gasteiger partial charge in [-0.1, -0.05) is 29.3 Å². The van der Waals surface area contributed by atoms with Crippen LogP contribution in [-0.4, -0.2) is 25.1 Å². The summed E-state index contributed by atoms with van der Waals surface area (Å²) in [6.07, 6.45) is 0. The number of hydrogen-bond acceptors (Lipinski definition) is 4. The molecule has 0 radical (unpaired) electrons. The standard InChI is InChI=1S/C16H11Cl2F2NO4/c17-12-3-1-2-11(14(12)18)15(23)24-8-13(22)21-9-4-6-10(7-5-9)25-16(19)20/h1-7,16H,8H2,(H,21,22). The van der Waals surface area contributed by atoms with Gasteiger partial charge in [0.15, 0.2) is 6.61 Å². The van der Waals surface area contributed by atoms with Gasteiger partial charge in [0.25, 0.3) is 5.91 Å². The Morgan fingerprint density at radius 2 is 1.76 bits per heavy atom. The number of rotatable bonds is 6. The molecule has 0 bridgehead atoms. The molecule has 0 spiro atoms. The zero-order valence-electron chi connectivity index (χ0n) is 12.5. The molecule has 1 N–H and O–H groups in total. The lowest BCUT2D eigenvalue weighted by Gasteiger charge is -2.09. The van der Waals surface area contributed by atoms with Crippen molar-refractivity contribution in [2.45, 2.75) is 6.61 Å². The van der Waals surface area contributed by atoms with Crippen molar-refractivity contribution in [1.29, 1.82) is 0 Å². The van der Waals surface area contributed by atoms with Gasteiger partial charge in [0, 0.05) is 5.69 Å². The first kappa shape index (κ1) is 19.0. The van der Waals surface area contributed by atoms with Crippen LogP contribution >= 0.6 is 23.2 Å². The normalized spacial score (nSPS) is 10.4. The van der Waals surface area contributed by atoms with Crippen LogP contribution in [0.15, 0.2) is 42.5 Å². The van der Waals surface area contributed by atoms with E-state index in [0.717, 1.165) is 0 Å². The lowest BCUT2D eigenvalue weighted by molar-refractivity contribution is -0.119. The Bertz CT molecular complexity index is 769. The monoisotopic (exact) mass is 389 g/mol. The molecule has 0 heterocycles. The average molecular weight is 390 g/mol. The number of carbonyl (C=O) groups excluding carboxylic acids is 2. The zero-order valence-corrected chi connectivity index (χ0v) is 14.0. The van der Waals surface area contributed by atoms with Crippen molar-refractivity contribution in [1.82, 2.24) is 0 Å². The number of carbonyl (C=O) groups is 2. The van der Waals surface area contributed by atoms with Crippen molar-refractivity contribution in [3.8, 4) is 5.75 Å². The first-order chi connectivity index (χ1) is 11.9. The zero-order chi connectivity index (χ0) is 18.4. The number of halogens is 4. The maximum atomic E-state index is 12.0. The van der Waals surface area contributed by atoms with E-state index in [1.807, 2.05) is 0 Å². The summed E-state index contributed by atoms with van der Waals surface area (Å²) in [5, 5.41) is 2.66. The predicted octanol–water partition coefficient (Wildman–Crippen LogP) is 4.39. The Hall–Kier alpha value is -2.38. The molecule has 0 atom stereocenters. The van der Waals surface area contributed by atoms with E-state index in [1.54, 1.807) is 0 Å². The highest BCUT2D eigenvalue weighted by Crippen LogP contribution is 2.26. The van der Waals surface area contributed by atoms with E-state index in [2.05, 4.69) is 10.1 Å². The minimum atomic E-state index is -2.93. The van der Waals surface area contributed by atoms with Crippen LogP contribution in [-0.2, 0) is 9.53 Å². The van der Waals surface area contributed by atoms with E-state index in [0.29, 0.717) is 5.69 Å². The SMILES string of the molecule is O=C(COC(=O)c1cccc(Cl)c1Cl)Nc1ccc(OC(F)F)cc1. The Balaban J connectivity index is 1.88. The molecular weight excluding hydrogens is 379 g/mol. The maximum Gasteiger partial charge on any atom is 0.387 e. The van der Waals surface area contributed by atoms with E-state index < -0.39 is 25.1 Å².